The topological polar surface area (TPSA) is 64.4 Å². The molecule has 0 radical (unpaired) electrons. The van der Waals surface area contributed by atoms with E-state index >= 15 is 0 Å². The number of amidine groups is 1. The molecule has 0 aromatic carbocycles. The maximum absolute atomic E-state index is 5.58. The van der Waals surface area contributed by atoms with E-state index in [1.807, 2.05) is 0 Å². The lowest BCUT2D eigenvalue weighted by Gasteiger charge is -2.27. The molecule has 1 saturated carbocycles. The van der Waals surface area contributed by atoms with Crippen LogP contribution in [0.3, 0.4) is 0 Å². The molecule has 1 aliphatic rings. The second kappa shape index (κ2) is 5.37. The molecule has 2 atom stereocenters. The molecule has 0 heterocycles. The molecule has 3 nitrogen and oxygen atoms in total. The van der Waals surface area contributed by atoms with E-state index in [-0.39, 0.29) is 0 Å². The van der Waals surface area contributed by atoms with Gasteiger partial charge in [-0.05, 0) is 18.8 Å². The molecule has 0 amide bonds. The van der Waals surface area contributed by atoms with E-state index < -0.39 is 0 Å². The van der Waals surface area contributed by atoms with Gasteiger partial charge in [0.2, 0.25) is 0 Å². The van der Waals surface area contributed by atoms with Crippen molar-refractivity contribution in [3.05, 3.63) is 0 Å². The van der Waals surface area contributed by atoms with Crippen LogP contribution in [0.4, 0.5) is 0 Å². The first-order chi connectivity index (χ1) is 6.26. The van der Waals surface area contributed by atoms with E-state index in [9.17, 15) is 0 Å². The normalized spacial score (nSPS) is 30.4. The maximum atomic E-state index is 5.58. The Labute approximate surface area is 84.3 Å². The first kappa shape index (κ1) is 10.7. The summed E-state index contributed by atoms with van der Waals surface area (Å²) in [7, 11) is 0. The molecule has 0 saturated heterocycles. The Kier molecular flexibility index (Phi) is 4.42. The van der Waals surface area contributed by atoms with Crippen LogP contribution in [0.5, 0.6) is 0 Å². The Bertz CT molecular complexity index is 182. The van der Waals surface area contributed by atoms with Gasteiger partial charge in [0, 0.05) is 5.25 Å². The Hall–Kier alpha value is -0.380. The molecule has 0 aromatic rings. The molecule has 1 fully saturated rings. The van der Waals surface area contributed by atoms with Crippen LogP contribution in [0, 0.1) is 5.92 Å². The van der Waals surface area contributed by atoms with Crippen molar-refractivity contribution < 1.29 is 0 Å². The number of hydrogen-bond acceptors (Lipinski definition) is 3. The van der Waals surface area contributed by atoms with E-state index in [0.717, 1.165) is 5.92 Å². The zero-order chi connectivity index (χ0) is 9.68. The smallest absolute Gasteiger partial charge is 0.177 e. The van der Waals surface area contributed by atoms with Crippen molar-refractivity contribution in [3.63, 3.8) is 0 Å². The fourth-order valence-electron chi connectivity index (χ4n) is 1.92. The van der Waals surface area contributed by atoms with Gasteiger partial charge in [-0.25, -0.2) is 0 Å². The van der Waals surface area contributed by atoms with E-state index in [0.29, 0.717) is 10.4 Å². The minimum absolute atomic E-state index is 0.529. The lowest BCUT2D eigenvalue weighted by molar-refractivity contribution is 0.358. The fourth-order valence-corrected chi connectivity index (χ4v) is 2.98. The van der Waals surface area contributed by atoms with Crippen LogP contribution in [-0.2, 0) is 0 Å². The zero-order valence-corrected chi connectivity index (χ0v) is 9.02. The molecular weight excluding hydrogens is 182 g/mol. The number of nitrogens with two attached hydrogens (primary N) is 2. The van der Waals surface area contributed by atoms with Crippen LogP contribution in [0.1, 0.15) is 39.0 Å². The van der Waals surface area contributed by atoms with Crippen LogP contribution in [0.2, 0.25) is 0 Å². The summed E-state index contributed by atoms with van der Waals surface area (Å²) in [6.45, 7) is 2.26. The van der Waals surface area contributed by atoms with Crippen molar-refractivity contribution >= 4 is 16.9 Å². The van der Waals surface area contributed by atoms with Gasteiger partial charge in [0.25, 0.3) is 0 Å². The van der Waals surface area contributed by atoms with Gasteiger partial charge in [-0.15, -0.1) is 0 Å². The average Bonchev–Trinajstić information content (AvgIpc) is 2.18. The SMILES string of the molecule is CCC1CCCC(SC(N)=NN)C1. The minimum atomic E-state index is 0.529. The average molecular weight is 201 g/mol. The van der Waals surface area contributed by atoms with Gasteiger partial charge in [0.15, 0.2) is 5.17 Å². The van der Waals surface area contributed by atoms with Crippen molar-refractivity contribution in [2.45, 2.75) is 44.3 Å². The quantitative estimate of drug-likeness (QED) is 0.310. The highest BCUT2D eigenvalue weighted by molar-refractivity contribution is 8.14. The summed E-state index contributed by atoms with van der Waals surface area (Å²) in [5.41, 5.74) is 5.58. The van der Waals surface area contributed by atoms with E-state index in [2.05, 4.69) is 12.0 Å². The highest BCUT2D eigenvalue weighted by atomic mass is 32.2. The molecule has 0 aliphatic heterocycles. The van der Waals surface area contributed by atoms with Crippen molar-refractivity contribution in [2.75, 3.05) is 0 Å². The summed E-state index contributed by atoms with van der Waals surface area (Å²) in [5, 5.41) is 4.66. The Morgan fingerprint density at radius 2 is 2.31 bits per heavy atom. The highest BCUT2D eigenvalue weighted by Gasteiger charge is 2.21. The predicted molar refractivity (Wildman–Crippen MR) is 59.4 cm³/mol. The van der Waals surface area contributed by atoms with Crippen molar-refractivity contribution in [2.24, 2.45) is 22.6 Å². The van der Waals surface area contributed by atoms with E-state index in [1.54, 1.807) is 11.8 Å². The molecule has 1 rings (SSSR count). The van der Waals surface area contributed by atoms with Crippen LogP contribution in [0.25, 0.3) is 0 Å². The number of hydrogen-bond donors (Lipinski definition) is 2. The highest BCUT2D eigenvalue weighted by Crippen LogP contribution is 2.33. The van der Waals surface area contributed by atoms with Crippen LogP contribution in [-0.4, -0.2) is 10.4 Å². The van der Waals surface area contributed by atoms with Crippen LogP contribution < -0.4 is 11.6 Å². The van der Waals surface area contributed by atoms with Gasteiger partial charge in [-0.3, -0.25) is 0 Å². The minimum Gasteiger partial charge on any atom is -0.377 e. The summed E-state index contributed by atoms with van der Waals surface area (Å²) in [6.07, 6.45) is 6.53. The van der Waals surface area contributed by atoms with Crippen molar-refractivity contribution in [1.82, 2.24) is 0 Å². The molecule has 13 heavy (non-hydrogen) atoms. The number of thioether (sulfide) groups is 1. The van der Waals surface area contributed by atoms with Crippen molar-refractivity contribution in [1.29, 1.82) is 0 Å². The van der Waals surface area contributed by atoms with Crippen molar-refractivity contribution in [3.8, 4) is 0 Å². The Balaban J connectivity index is 2.34. The van der Waals surface area contributed by atoms with Gasteiger partial charge in [-0.1, -0.05) is 37.9 Å². The maximum Gasteiger partial charge on any atom is 0.177 e. The molecule has 4 heteroatoms. The van der Waals surface area contributed by atoms with Gasteiger partial charge in [0.05, 0.1) is 0 Å². The monoisotopic (exact) mass is 201 g/mol. The Morgan fingerprint density at radius 3 is 2.92 bits per heavy atom. The second-order valence-corrected chi connectivity index (χ2v) is 4.97. The summed E-state index contributed by atoms with van der Waals surface area (Å²) in [5.74, 6) is 5.98. The summed E-state index contributed by atoms with van der Waals surface area (Å²) in [4.78, 5) is 0. The number of rotatable bonds is 2. The predicted octanol–water partition coefficient (Wildman–Crippen LogP) is 1.88. The van der Waals surface area contributed by atoms with Crippen LogP contribution in [0.15, 0.2) is 5.10 Å². The van der Waals surface area contributed by atoms with Gasteiger partial charge in [-0.2, -0.15) is 5.10 Å². The number of hydrazone groups is 1. The molecular formula is C9H19N3S. The lowest BCUT2D eigenvalue weighted by Crippen LogP contribution is -2.21. The number of nitrogens with zero attached hydrogens (tertiary/aromatic N) is 1. The first-order valence-corrected chi connectivity index (χ1v) is 5.84. The fraction of sp³-hybridized carbons (Fsp3) is 0.889. The molecule has 0 aromatic heterocycles. The third kappa shape index (κ3) is 3.46. The standard InChI is InChI=1S/C9H19N3S/c1-2-7-4-3-5-8(6-7)13-9(10)12-11/h7-8H,2-6,11H2,1H3,(H2,10,12). The summed E-state index contributed by atoms with van der Waals surface area (Å²) < 4.78 is 0. The molecule has 0 bridgehead atoms. The third-order valence-electron chi connectivity index (χ3n) is 2.73. The first-order valence-electron chi connectivity index (χ1n) is 4.96. The molecule has 2 unspecified atom stereocenters. The lowest BCUT2D eigenvalue weighted by atomic mass is 9.87. The molecule has 0 spiro atoms. The zero-order valence-electron chi connectivity index (χ0n) is 8.20. The summed E-state index contributed by atoms with van der Waals surface area (Å²) in [6, 6.07) is 0. The largest absolute Gasteiger partial charge is 0.377 e. The van der Waals surface area contributed by atoms with Gasteiger partial charge in [0.1, 0.15) is 0 Å². The molecule has 4 N–H and O–H groups in total. The summed E-state index contributed by atoms with van der Waals surface area (Å²) >= 11 is 1.64. The van der Waals surface area contributed by atoms with Gasteiger partial charge >= 0.3 is 0 Å². The molecule has 76 valence electrons. The van der Waals surface area contributed by atoms with Gasteiger partial charge < -0.3 is 11.6 Å². The van der Waals surface area contributed by atoms with E-state index in [1.165, 1.54) is 32.1 Å². The third-order valence-corrected chi connectivity index (χ3v) is 3.84. The molecule has 1 aliphatic carbocycles. The second-order valence-electron chi connectivity index (χ2n) is 3.65. The van der Waals surface area contributed by atoms with E-state index in [4.69, 9.17) is 11.6 Å². The Morgan fingerprint density at radius 1 is 1.54 bits per heavy atom. The van der Waals surface area contributed by atoms with Crippen LogP contribution >= 0.6 is 11.8 Å².